The average Bonchev–Trinajstić information content (AvgIpc) is 3.35. The van der Waals surface area contributed by atoms with Gasteiger partial charge in [-0.3, -0.25) is 19.4 Å². The summed E-state index contributed by atoms with van der Waals surface area (Å²) in [5.74, 6) is 0.561. The number of hydrogen-bond acceptors (Lipinski definition) is 8. The number of anilines is 1. The molecule has 0 bridgehead atoms. The molecule has 2 aliphatic heterocycles. The van der Waals surface area contributed by atoms with Crippen LogP contribution < -0.4 is 10.6 Å². The lowest BCUT2D eigenvalue weighted by Crippen LogP contribution is -2.58. The van der Waals surface area contributed by atoms with Crippen LogP contribution in [-0.2, 0) is 13.1 Å². The van der Waals surface area contributed by atoms with E-state index in [1.54, 1.807) is 24.3 Å². The molecule has 10 nitrogen and oxygen atoms in total. The Morgan fingerprint density at radius 1 is 0.911 bits per heavy atom. The summed E-state index contributed by atoms with van der Waals surface area (Å²) in [5, 5.41) is 20.3. The molecule has 2 saturated heterocycles. The molecule has 0 saturated carbocycles. The van der Waals surface area contributed by atoms with E-state index in [1.807, 2.05) is 12.1 Å². The Hall–Kier alpha value is -3.64. The highest BCUT2D eigenvalue weighted by atomic mass is 35.5. The number of H-pyrrole nitrogens is 1. The minimum atomic E-state index is -0.375. The maximum Gasteiger partial charge on any atom is 0.329 e. The molecule has 6 rings (SSSR count). The SMILES string of the molecule is CC[C@H]1CN(c2nc3[nH]c(=O)n(Cc4ccc(Cl)cc4C#N)c3nc2Cl)CCN1C1CCN(Cc2ccc(Cl)cc2C#N)CC1. The lowest BCUT2D eigenvalue weighted by atomic mass is 9.97. The first-order valence-corrected chi connectivity index (χ1v) is 16.2. The summed E-state index contributed by atoms with van der Waals surface area (Å²) in [6, 6.07) is 15.8. The molecule has 1 atom stereocenters. The summed E-state index contributed by atoms with van der Waals surface area (Å²) in [6.07, 6.45) is 3.11. The van der Waals surface area contributed by atoms with Crippen molar-refractivity contribution >= 4 is 51.9 Å². The summed E-state index contributed by atoms with van der Waals surface area (Å²) >= 11 is 18.9. The fourth-order valence-electron chi connectivity index (χ4n) is 6.59. The summed E-state index contributed by atoms with van der Waals surface area (Å²) in [5.41, 5.74) is 3.02. The van der Waals surface area contributed by atoms with Gasteiger partial charge in [0.1, 0.15) is 0 Å². The zero-order valence-electron chi connectivity index (χ0n) is 24.8. The van der Waals surface area contributed by atoms with Gasteiger partial charge in [0, 0.05) is 48.3 Å². The Bertz CT molecular complexity index is 1870. The maximum absolute atomic E-state index is 12.9. The quantitative estimate of drug-likeness (QED) is 0.278. The van der Waals surface area contributed by atoms with Crippen molar-refractivity contribution in [2.24, 2.45) is 0 Å². The molecular formula is C32H32Cl3N9O. The van der Waals surface area contributed by atoms with Gasteiger partial charge >= 0.3 is 5.69 Å². The minimum absolute atomic E-state index is 0.137. The first-order chi connectivity index (χ1) is 21.8. The van der Waals surface area contributed by atoms with E-state index in [-0.39, 0.29) is 17.4 Å². The third-order valence-electron chi connectivity index (χ3n) is 8.98. The van der Waals surface area contributed by atoms with E-state index < -0.39 is 0 Å². The Labute approximate surface area is 276 Å². The number of nitrogens with zero attached hydrogens (tertiary/aromatic N) is 8. The standard InChI is InChI=1S/C32H32Cl3N9O/c1-2-26-19-42(11-12-43(26)27-7-9-41(10-8-27)17-20-3-5-24(33)13-22(20)15-36)30-28(35)38-31-29(39-30)40-32(45)44(31)18-21-4-6-25(34)14-23(21)16-37/h3-6,13-14,26-27H,2,7-12,17-19H2,1H3,(H,39,40,45)/t26-/m0/s1. The number of likely N-dealkylation sites (tertiary alicyclic amines) is 1. The molecule has 4 heterocycles. The van der Waals surface area contributed by atoms with Gasteiger partial charge in [-0.2, -0.15) is 10.5 Å². The average molecular weight is 665 g/mol. The van der Waals surface area contributed by atoms with Crippen LogP contribution in [0.4, 0.5) is 5.82 Å². The number of fused-ring (bicyclic) bond motifs is 1. The normalized spacial score (nSPS) is 18.3. The zero-order valence-corrected chi connectivity index (χ0v) is 27.1. The first kappa shape index (κ1) is 31.3. The predicted octanol–water partition coefficient (Wildman–Crippen LogP) is 5.44. The van der Waals surface area contributed by atoms with Crippen molar-refractivity contribution in [1.82, 2.24) is 29.3 Å². The van der Waals surface area contributed by atoms with Crippen molar-refractivity contribution in [1.29, 1.82) is 10.5 Å². The second kappa shape index (κ2) is 13.4. The van der Waals surface area contributed by atoms with E-state index in [9.17, 15) is 15.3 Å². The molecule has 0 spiro atoms. The molecule has 0 unspecified atom stereocenters. The molecule has 45 heavy (non-hydrogen) atoms. The van der Waals surface area contributed by atoms with Crippen molar-refractivity contribution in [3.63, 3.8) is 0 Å². The molecule has 0 radical (unpaired) electrons. The number of rotatable bonds is 7. The molecule has 2 aliphatic rings. The molecule has 1 N–H and O–H groups in total. The topological polar surface area (TPSA) is 121 Å². The highest BCUT2D eigenvalue weighted by Gasteiger charge is 2.34. The number of hydrogen-bond donors (Lipinski definition) is 1. The van der Waals surface area contributed by atoms with Crippen LogP contribution >= 0.6 is 34.8 Å². The number of aromatic nitrogens is 4. The Balaban J connectivity index is 1.13. The molecule has 0 amide bonds. The van der Waals surface area contributed by atoms with Gasteiger partial charge < -0.3 is 4.90 Å². The highest BCUT2D eigenvalue weighted by molar-refractivity contribution is 6.32. The van der Waals surface area contributed by atoms with Gasteiger partial charge in [-0.05, 0) is 67.7 Å². The monoisotopic (exact) mass is 663 g/mol. The maximum atomic E-state index is 12.9. The van der Waals surface area contributed by atoms with E-state index >= 15 is 0 Å². The Morgan fingerprint density at radius 3 is 2.18 bits per heavy atom. The molecule has 2 fully saturated rings. The fourth-order valence-corrected chi connectivity index (χ4v) is 7.18. The van der Waals surface area contributed by atoms with Crippen LogP contribution in [-0.4, -0.2) is 74.1 Å². The predicted molar refractivity (Wildman–Crippen MR) is 176 cm³/mol. The third-order valence-corrected chi connectivity index (χ3v) is 9.70. The lowest BCUT2D eigenvalue weighted by Gasteiger charge is -2.47. The lowest BCUT2D eigenvalue weighted by molar-refractivity contribution is 0.0610. The number of imidazole rings is 1. The summed E-state index contributed by atoms with van der Waals surface area (Å²) in [4.78, 5) is 32.3. The number of aromatic amines is 1. The van der Waals surface area contributed by atoms with E-state index in [1.165, 1.54) is 4.57 Å². The van der Waals surface area contributed by atoms with Crippen LogP contribution in [0.1, 0.15) is 48.4 Å². The number of nitrogens with one attached hydrogen (secondary N) is 1. The van der Waals surface area contributed by atoms with Crippen molar-refractivity contribution in [3.8, 4) is 12.1 Å². The van der Waals surface area contributed by atoms with Gasteiger partial charge in [-0.1, -0.05) is 53.9 Å². The highest BCUT2D eigenvalue weighted by Crippen LogP contribution is 2.30. The van der Waals surface area contributed by atoms with Crippen LogP contribution in [0.25, 0.3) is 11.3 Å². The fraction of sp³-hybridized carbons (Fsp3) is 0.406. The molecule has 2 aromatic heterocycles. The Kier molecular flexibility index (Phi) is 9.32. The number of halogens is 3. The largest absolute Gasteiger partial charge is 0.351 e. The van der Waals surface area contributed by atoms with Crippen molar-refractivity contribution in [2.45, 2.75) is 51.4 Å². The zero-order chi connectivity index (χ0) is 31.7. The van der Waals surface area contributed by atoms with Crippen molar-refractivity contribution in [3.05, 3.63) is 84.3 Å². The molecule has 0 aliphatic carbocycles. The van der Waals surface area contributed by atoms with Crippen molar-refractivity contribution in [2.75, 3.05) is 37.6 Å². The van der Waals surface area contributed by atoms with Crippen LogP contribution in [0.2, 0.25) is 15.2 Å². The smallest absolute Gasteiger partial charge is 0.329 e. The van der Waals surface area contributed by atoms with Gasteiger partial charge in [0.2, 0.25) is 0 Å². The van der Waals surface area contributed by atoms with Gasteiger partial charge in [0.25, 0.3) is 0 Å². The minimum Gasteiger partial charge on any atom is -0.351 e. The van der Waals surface area contributed by atoms with Crippen LogP contribution in [0.15, 0.2) is 41.2 Å². The molecule has 13 heteroatoms. The van der Waals surface area contributed by atoms with Crippen LogP contribution in [0, 0.1) is 22.7 Å². The molecular weight excluding hydrogens is 633 g/mol. The Morgan fingerprint density at radius 2 is 1.56 bits per heavy atom. The summed E-state index contributed by atoms with van der Waals surface area (Å²) in [7, 11) is 0. The third kappa shape index (κ3) is 6.53. The van der Waals surface area contributed by atoms with Crippen LogP contribution in [0.5, 0.6) is 0 Å². The number of nitriles is 2. The van der Waals surface area contributed by atoms with Gasteiger partial charge in [0.15, 0.2) is 22.3 Å². The van der Waals surface area contributed by atoms with E-state index in [2.05, 4.69) is 43.7 Å². The number of piperidine rings is 1. The second-order valence-corrected chi connectivity index (χ2v) is 12.8. The second-order valence-electron chi connectivity index (χ2n) is 11.6. The molecule has 232 valence electrons. The van der Waals surface area contributed by atoms with Gasteiger partial charge in [-0.15, -0.1) is 0 Å². The number of benzene rings is 2. The van der Waals surface area contributed by atoms with E-state index in [4.69, 9.17) is 39.8 Å². The van der Waals surface area contributed by atoms with Gasteiger partial charge in [-0.25, -0.2) is 14.8 Å². The summed E-state index contributed by atoms with van der Waals surface area (Å²) < 4.78 is 1.44. The summed E-state index contributed by atoms with van der Waals surface area (Å²) in [6.45, 7) is 7.42. The number of piperazine rings is 1. The van der Waals surface area contributed by atoms with Crippen molar-refractivity contribution < 1.29 is 0 Å². The van der Waals surface area contributed by atoms with Gasteiger partial charge in [0.05, 0.1) is 29.8 Å². The van der Waals surface area contributed by atoms with E-state index in [0.29, 0.717) is 55.9 Å². The molecule has 2 aromatic carbocycles. The van der Waals surface area contributed by atoms with Crippen LogP contribution in [0.3, 0.4) is 0 Å². The molecule has 4 aromatic rings. The van der Waals surface area contributed by atoms with E-state index in [0.717, 1.165) is 64.1 Å². The first-order valence-electron chi connectivity index (χ1n) is 15.0.